The van der Waals surface area contributed by atoms with Crippen LogP contribution in [0.4, 0.5) is 0 Å². The van der Waals surface area contributed by atoms with Crippen molar-refractivity contribution in [2.45, 2.75) is 13.3 Å². The lowest BCUT2D eigenvalue weighted by Crippen LogP contribution is -2.16. The van der Waals surface area contributed by atoms with Gasteiger partial charge in [-0.15, -0.1) is 10.7 Å². The fourth-order valence-corrected chi connectivity index (χ4v) is 2.04. The molecule has 1 aliphatic rings. The summed E-state index contributed by atoms with van der Waals surface area (Å²) in [6.45, 7) is 5.81. The zero-order valence-electron chi connectivity index (χ0n) is 12.9. The van der Waals surface area contributed by atoms with E-state index in [2.05, 4.69) is 17.3 Å². The summed E-state index contributed by atoms with van der Waals surface area (Å²) in [6.07, 6.45) is 10.4. The molecule has 0 amide bonds. The zero-order chi connectivity index (χ0) is 15.8. The van der Waals surface area contributed by atoms with Crippen LogP contribution in [-0.2, 0) is 4.84 Å². The summed E-state index contributed by atoms with van der Waals surface area (Å²) in [4.78, 5) is 5.42. The molecule has 0 aromatic heterocycles. The SMILES string of the molecule is C=C/C(=C\C=C/C)CC1=NNOC(c2ccccc2OC)=C1. The van der Waals surface area contributed by atoms with Crippen molar-refractivity contribution in [3.8, 4) is 5.75 Å². The number of allylic oxidation sites excluding steroid dienone is 6. The molecule has 0 fully saturated rings. The highest BCUT2D eigenvalue weighted by atomic mass is 16.7. The molecule has 2 rings (SSSR count). The minimum absolute atomic E-state index is 0.669. The van der Waals surface area contributed by atoms with Gasteiger partial charge in [0.2, 0.25) is 0 Å². The maximum absolute atomic E-state index is 5.42. The van der Waals surface area contributed by atoms with Crippen LogP contribution in [0.3, 0.4) is 0 Å². The molecule has 1 aromatic rings. The minimum Gasteiger partial charge on any atom is -0.496 e. The van der Waals surface area contributed by atoms with Crippen molar-refractivity contribution >= 4 is 11.5 Å². The predicted molar refractivity (Wildman–Crippen MR) is 90.3 cm³/mol. The van der Waals surface area contributed by atoms with Crippen LogP contribution in [0.25, 0.3) is 5.76 Å². The van der Waals surface area contributed by atoms with Crippen molar-refractivity contribution in [3.63, 3.8) is 0 Å². The van der Waals surface area contributed by atoms with Gasteiger partial charge in [0.25, 0.3) is 0 Å². The zero-order valence-corrected chi connectivity index (χ0v) is 12.9. The summed E-state index contributed by atoms with van der Waals surface area (Å²) in [7, 11) is 1.64. The monoisotopic (exact) mass is 296 g/mol. The Hall–Kier alpha value is -2.75. The van der Waals surface area contributed by atoms with Gasteiger partial charge in [0.1, 0.15) is 5.75 Å². The lowest BCUT2D eigenvalue weighted by Gasteiger charge is -2.17. The van der Waals surface area contributed by atoms with Crippen LogP contribution in [-0.4, -0.2) is 12.8 Å². The van der Waals surface area contributed by atoms with Gasteiger partial charge < -0.3 is 9.57 Å². The maximum atomic E-state index is 5.42. The molecular weight excluding hydrogens is 276 g/mol. The molecule has 0 spiro atoms. The van der Waals surface area contributed by atoms with Crippen LogP contribution in [0.15, 0.2) is 71.9 Å². The molecule has 1 N–H and O–H groups in total. The predicted octanol–water partition coefficient (Wildman–Crippen LogP) is 4.01. The minimum atomic E-state index is 0.669. The molecule has 0 saturated heterocycles. The average Bonchev–Trinajstić information content (AvgIpc) is 2.58. The molecule has 1 heterocycles. The summed E-state index contributed by atoms with van der Waals surface area (Å²) in [6, 6.07) is 7.70. The lowest BCUT2D eigenvalue weighted by molar-refractivity contribution is 0.158. The molecule has 0 aliphatic carbocycles. The van der Waals surface area contributed by atoms with Crippen LogP contribution in [0.5, 0.6) is 5.75 Å². The molecule has 0 unspecified atom stereocenters. The Morgan fingerprint density at radius 1 is 1.41 bits per heavy atom. The van der Waals surface area contributed by atoms with Crippen LogP contribution >= 0.6 is 0 Å². The number of nitrogens with one attached hydrogen (secondary N) is 1. The van der Waals surface area contributed by atoms with Gasteiger partial charge in [0.15, 0.2) is 5.76 Å². The molecule has 0 bridgehead atoms. The van der Waals surface area contributed by atoms with Crippen molar-refractivity contribution in [3.05, 3.63) is 72.4 Å². The molecule has 22 heavy (non-hydrogen) atoms. The smallest absolute Gasteiger partial charge is 0.169 e. The first kappa shape index (κ1) is 15.6. The number of benzene rings is 1. The summed E-state index contributed by atoms with van der Waals surface area (Å²) >= 11 is 0. The summed E-state index contributed by atoms with van der Waals surface area (Å²) in [5, 5.41) is 4.17. The van der Waals surface area contributed by atoms with E-state index in [1.54, 1.807) is 7.11 Å². The Balaban J connectivity index is 2.24. The van der Waals surface area contributed by atoms with Gasteiger partial charge in [0, 0.05) is 12.5 Å². The first-order valence-corrected chi connectivity index (χ1v) is 7.06. The lowest BCUT2D eigenvalue weighted by atomic mass is 10.1. The van der Waals surface area contributed by atoms with Gasteiger partial charge in [-0.25, -0.2) is 0 Å². The summed E-state index contributed by atoms with van der Waals surface area (Å²) in [5.74, 6) is 1.43. The topological polar surface area (TPSA) is 42.9 Å². The quantitative estimate of drug-likeness (QED) is 0.807. The van der Waals surface area contributed by atoms with Crippen LogP contribution in [0.2, 0.25) is 0 Å². The third kappa shape index (κ3) is 3.88. The Kier molecular flexibility index (Phi) is 5.60. The first-order valence-electron chi connectivity index (χ1n) is 7.06. The molecular formula is C18H20N2O2. The van der Waals surface area contributed by atoms with E-state index in [0.29, 0.717) is 12.2 Å². The Morgan fingerprint density at radius 3 is 2.95 bits per heavy atom. The van der Waals surface area contributed by atoms with E-state index in [0.717, 1.165) is 22.6 Å². The van der Waals surface area contributed by atoms with Crippen LogP contribution in [0, 0.1) is 0 Å². The molecule has 1 aromatic carbocycles. The largest absolute Gasteiger partial charge is 0.496 e. The van der Waals surface area contributed by atoms with Gasteiger partial charge >= 0.3 is 0 Å². The van der Waals surface area contributed by atoms with Crippen molar-refractivity contribution < 1.29 is 9.57 Å². The summed E-state index contributed by atoms with van der Waals surface area (Å²) in [5.41, 5.74) is 5.43. The van der Waals surface area contributed by atoms with Crippen LogP contribution < -0.4 is 10.3 Å². The van der Waals surface area contributed by atoms with Gasteiger partial charge in [-0.3, -0.25) is 0 Å². The molecule has 4 nitrogen and oxygen atoms in total. The number of hydrazone groups is 1. The highest BCUT2D eigenvalue weighted by Gasteiger charge is 2.14. The highest BCUT2D eigenvalue weighted by molar-refractivity contribution is 6.02. The second kappa shape index (κ2) is 7.88. The Bertz CT molecular complexity index is 655. The van der Waals surface area contributed by atoms with Gasteiger partial charge in [-0.05, 0) is 24.6 Å². The van der Waals surface area contributed by atoms with E-state index in [-0.39, 0.29) is 0 Å². The molecule has 0 saturated carbocycles. The second-order valence-electron chi connectivity index (χ2n) is 4.65. The van der Waals surface area contributed by atoms with E-state index in [1.165, 1.54) is 0 Å². The maximum Gasteiger partial charge on any atom is 0.169 e. The van der Waals surface area contributed by atoms with Crippen molar-refractivity contribution in [2.75, 3.05) is 7.11 Å². The first-order chi connectivity index (χ1) is 10.8. The number of hydrogen-bond acceptors (Lipinski definition) is 4. The third-order valence-corrected chi connectivity index (χ3v) is 3.17. The van der Waals surface area contributed by atoms with E-state index in [4.69, 9.17) is 9.57 Å². The number of hydrogen-bond donors (Lipinski definition) is 1. The van der Waals surface area contributed by atoms with Crippen molar-refractivity contribution in [1.82, 2.24) is 5.59 Å². The highest BCUT2D eigenvalue weighted by Crippen LogP contribution is 2.27. The Labute approximate surface area is 131 Å². The van der Waals surface area contributed by atoms with Gasteiger partial charge in [-0.2, -0.15) is 0 Å². The van der Waals surface area contributed by atoms with Gasteiger partial charge in [-0.1, -0.05) is 43.0 Å². The average molecular weight is 296 g/mol. The molecule has 0 radical (unpaired) electrons. The standard InChI is InChI=1S/C18H20N2O2/c1-4-6-9-14(5-2)12-15-13-18(22-20-19-15)16-10-7-8-11-17(16)21-3/h4-11,13,20H,2,12H2,1,3H3/b6-4-,14-9+. The molecule has 1 aliphatic heterocycles. The molecule has 0 atom stereocenters. The normalized spacial score (nSPS) is 14.7. The third-order valence-electron chi connectivity index (χ3n) is 3.17. The van der Waals surface area contributed by atoms with E-state index in [1.807, 2.05) is 61.6 Å². The Morgan fingerprint density at radius 2 is 2.23 bits per heavy atom. The number of methoxy groups -OCH3 is 1. The van der Waals surface area contributed by atoms with E-state index in [9.17, 15) is 0 Å². The second-order valence-corrected chi connectivity index (χ2v) is 4.65. The number of rotatable bonds is 6. The number of ether oxygens (including phenoxy) is 1. The molecule has 4 heteroatoms. The van der Waals surface area contributed by atoms with Crippen molar-refractivity contribution in [1.29, 1.82) is 0 Å². The van der Waals surface area contributed by atoms with E-state index >= 15 is 0 Å². The fraction of sp³-hybridized carbons (Fsp3) is 0.167. The molecule has 114 valence electrons. The summed E-state index contributed by atoms with van der Waals surface area (Å²) < 4.78 is 5.36. The van der Waals surface area contributed by atoms with Crippen molar-refractivity contribution in [2.24, 2.45) is 5.10 Å². The van der Waals surface area contributed by atoms with Gasteiger partial charge in [0.05, 0.1) is 18.4 Å². The van der Waals surface area contributed by atoms with E-state index < -0.39 is 0 Å². The number of nitrogens with zero attached hydrogens (tertiary/aromatic N) is 1. The van der Waals surface area contributed by atoms with Crippen LogP contribution in [0.1, 0.15) is 18.9 Å². The number of para-hydroxylation sites is 1. The fourth-order valence-electron chi connectivity index (χ4n) is 2.04.